The molecular formula is C20H24N4O3. The van der Waals surface area contributed by atoms with Crippen molar-refractivity contribution >= 4 is 23.1 Å². The Morgan fingerprint density at radius 2 is 1.89 bits per heavy atom. The maximum Gasteiger partial charge on any atom is 0.319 e. The van der Waals surface area contributed by atoms with Crippen molar-refractivity contribution < 1.29 is 9.72 Å². The highest BCUT2D eigenvalue weighted by molar-refractivity contribution is 5.89. The van der Waals surface area contributed by atoms with E-state index in [1.165, 1.54) is 12.1 Å². The molecule has 1 aliphatic heterocycles. The molecule has 0 aromatic heterocycles. The van der Waals surface area contributed by atoms with Crippen LogP contribution < -0.4 is 15.5 Å². The van der Waals surface area contributed by atoms with Crippen molar-refractivity contribution in [2.45, 2.75) is 19.8 Å². The lowest BCUT2D eigenvalue weighted by molar-refractivity contribution is -0.384. The minimum Gasteiger partial charge on any atom is -0.371 e. The van der Waals surface area contributed by atoms with Crippen LogP contribution in [0, 0.1) is 23.0 Å². The van der Waals surface area contributed by atoms with E-state index in [9.17, 15) is 14.9 Å². The van der Waals surface area contributed by atoms with Crippen LogP contribution in [0.15, 0.2) is 48.5 Å². The number of nitrogens with zero attached hydrogens (tertiary/aromatic N) is 2. The van der Waals surface area contributed by atoms with Crippen LogP contribution in [0.5, 0.6) is 0 Å². The Bertz CT molecular complexity index is 790. The molecule has 2 aromatic rings. The Morgan fingerprint density at radius 3 is 2.56 bits per heavy atom. The van der Waals surface area contributed by atoms with Crippen LogP contribution in [-0.4, -0.2) is 30.6 Å². The number of hydrogen-bond acceptors (Lipinski definition) is 4. The van der Waals surface area contributed by atoms with Gasteiger partial charge in [0.25, 0.3) is 5.69 Å². The van der Waals surface area contributed by atoms with E-state index in [4.69, 9.17) is 0 Å². The number of anilines is 2. The normalized spacial score (nSPS) is 16.6. The molecule has 2 N–H and O–H groups in total. The molecule has 1 heterocycles. The lowest BCUT2D eigenvalue weighted by Crippen LogP contribution is -2.42. The highest BCUT2D eigenvalue weighted by Crippen LogP contribution is 2.25. The minimum atomic E-state index is -0.390. The van der Waals surface area contributed by atoms with Gasteiger partial charge >= 0.3 is 6.03 Å². The van der Waals surface area contributed by atoms with E-state index < -0.39 is 0 Å². The molecule has 1 atom stereocenters. The number of amides is 2. The van der Waals surface area contributed by atoms with E-state index in [0.29, 0.717) is 12.5 Å². The Kier molecular flexibility index (Phi) is 5.90. The van der Waals surface area contributed by atoms with Crippen molar-refractivity contribution in [2.75, 3.05) is 29.9 Å². The number of aryl methyl sites for hydroxylation is 1. The largest absolute Gasteiger partial charge is 0.371 e. The number of nitro benzene ring substituents is 1. The number of carbonyl (C=O) groups is 1. The number of urea groups is 1. The maximum atomic E-state index is 12.1. The van der Waals surface area contributed by atoms with Crippen LogP contribution in [0.3, 0.4) is 0 Å². The van der Waals surface area contributed by atoms with Crippen molar-refractivity contribution in [1.82, 2.24) is 5.32 Å². The third kappa shape index (κ3) is 5.20. The lowest BCUT2D eigenvalue weighted by Gasteiger charge is -2.34. The summed E-state index contributed by atoms with van der Waals surface area (Å²) < 4.78 is 0. The number of nitrogens with one attached hydrogen (secondary N) is 2. The average molecular weight is 368 g/mol. The van der Waals surface area contributed by atoms with Crippen LogP contribution in [0.1, 0.15) is 18.4 Å². The molecule has 0 radical (unpaired) electrons. The van der Waals surface area contributed by atoms with E-state index in [-0.39, 0.29) is 16.6 Å². The summed E-state index contributed by atoms with van der Waals surface area (Å²) >= 11 is 0. The smallest absolute Gasteiger partial charge is 0.319 e. The Balaban J connectivity index is 1.49. The van der Waals surface area contributed by atoms with Gasteiger partial charge in [0.2, 0.25) is 0 Å². The summed E-state index contributed by atoms with van der Waals surface area (Å²) in [6.45, 7) is 4.34. The topological polar surface area (TPSA) is 87.5 Å². The van der Waals surface area contributed by atoms with E-state index in [0.717, 1.165) is 42.9 Å². The van der Waals surface area contributed by atoms with Crippen molar-refractivity contribution in [2.24, 2.45) is 5.92 Å². The molecule has 3 rings (SSSR count). The minimum absolute atomic E-state index is 0.0988. The van der Waals surface area contributed by atoms with Crippen molar-refractivity contribution in [3.63, 3.8) is 0 Å². The molecule has 0 spiro atoms. The van der Waals surface area contributed by atoms with E-state index in [1.807, 2.05) is 31.2 Å². The summed E-state index contributed by atoms with van der Waals surface area (Å²) in [5.41, 5.74) is 3.00. The Morgan fingerprint density at radius 1 is 1.19 bits per heavy atom. The highest BCUT2D eigenvalue weighted by atomic mass is 16.6. The maximum absolute atomic E-state index is 12.1. The predicted octanol–water partition coefficient (Wildman–Crippen LogP) is 3.94. The molecule has 1 aliphatic rings. The molecule has 2 aromatic carbocycles. The fourth-order valence-corrected chi connectivity index (χ4v) is 3.30. The van der Waals surface area contributed by atoms with Gasteiger partial charge in [0.15, 0.2) is 0 Å². The van der Waals surface area contributed by atoms with Gasteiger partial charge in [0, 0.05) is 43.1 Å². The fourth-order valence-electron chi connectivity index (χ4n) is 3.30. The second kappa shape index (κ2) is 8.53. The van der Waals surface area contributed by atoms with Gasteiger partial charge in [0.05, 0.1) is 4.92 Å². The van der Waals surface area contributed by atoms with Crippen LogP contribution >= 0.6 is 0 Å². The first-order chi connectivity index (χ1) is 13.0. The number of rotatable bonds is 5. The zero-order chi connectivity index (χ0) is 19.2. The number of nitro groups is 1. The van der Waals surface area contributed by atoms with Crippen molar-refractivity contribution in [3.8, 4) is 0 Å². The Labute approximate surface area is 158 Å². The van der Waals surface area contributed by atoms with Crippen LogP contribution in [0.4, 0.5) is 21.9 Å². The van der Waals surface area contributed by atoms with E-state index >= 15 is 0 Å². The molecule has 1 fully saturated rings. The van der Waals surface area contributed by atoms with Gasteiger partial charge in [-0.3, -0.25) is 10.1 Å². The summed E-state index contributed by atoms with van der Waals surface area (Å²) in [5, 5.41) is 16.6. The first kappa shape index (κ1) is 18.7. The molecule has 0 saturated carbocycles. The van der Waals surface area contributed by atoms with Crippen LogP contribution in [-0.2, 0) is 0 Å². The first-order valence-electron chi connectivity index (χ1n) is 9.12. The molecule has 0 aliphatic carbocycles. The van der Waals surface area contributed by atoms with Crippen molar-refractivity contribution in [1.29, 1.82) is 0 Å². The first-order valence-corrected chi connectivity index (χ1v) is 9.12. The summed E-state index contributed by atoms with van der Waals surface area (Å²) in [6.07, 6.45) is 2.08. The van der Waals surface area contributed by atoms with E-state index in [2.05, 4.69) is 15.5 Å². The molecule has 7 nitrogen and oxygen atoms in total. The number of hydrogen-bond donors (Lipinski definition) is 2. The zero-order valence-corrected chi connectivity index (χ0v) is 15.4. The molecule has 0 bridgehead atoms. The van der Waals surface area contributed by atoms with Crippen LogP contribution in [0.25, 0.3) is 0 Å². The lowest BCUT2D eigenvalue weighted by atomic mass is 9.97. The average Bonchev–Trinajstić information content (AvgIpc) is 2.68. The van der Waals surface area contributed by atoms with Gasteiger partial charge in [-0.15, -0.1) is 0 Å². The third-order valence-electron chi connectivity index (χ3n) is 4.81. The van der Waals surface area contributed by atoms with Crippen molar-refractivity contribution in [3.05, 3.63) is 64.2 Å². The van der Waals surface area contributed by atoms with Gasteiger partial charge < -0.3 is 15.5 Å². The number of non-ortho nitro benzene ring substituents is 1. The molecular weight excluding hydrogens is 344 g/mol. The second-order valence-electron chi connectivity index (χ2n) is 6.93. The zero-order valence-electron chi connectivity index (χ0n) is 15.4. The molecule has 2 amide bonds. The highest BCUT2D eigenvalue weighted by Gasteiger charge is 2.21. The third-order valence-corrected chi connectivity index (χ3v) is 4.81. The summed E-state index contributed by atoms with van der Waals surface area (Å²) in [5.74, 6) is 0.345. The Hall–Kier alpha value is -3.09. The quantitative estimate of drug-likeness (QED) is 0.618. The number of carbonyl (C=O) groups excluding carboxylic acids is 1. The molecule has 7 heteroatoms. The second-order valence-corrected chi connectivity index (χ2v) is 6.93. The van der Waals surface area contributed by atoms with Crippen LogP contribution in [0.2, 0.25) is 0 Å². The molecule has 142 valence electrons. The van der Waals surface area contributed by atoms with E-state index in [1.54, 1.807) is 12.1 Å². The van der Waals surface area contributed by atoms with Gasteiger partial charge in [-0.05, 0) is 49.9 Å². The van der Waals surface area contributed by atoms with Gasteiger partial charge in [0.1, 0.15) is 0 Å². The number of benzene rings is 2. The molecule has 1 saturated heterocycles. The van der Waals surface area contributed by atoms with Gasteiger partial charge in [-0.2, -0.15) is 0 Å². The monoisotopic (exact) mass is 368 g/mol. The predicted molar refractivity (Wildman–Crippen MR) is 106 cm³/mol. The van der Waals surface area contributed by atoms with Gasteiger partial charge in [-0.1, -0.05) is 17.7 Å². The molecule has 1 unspecified atom stereocenters. The summed E-state index contributed by atoms with van der Waals surface area (Å²) in [6, 6.07) is 14.1. The fraction of sp³-hybridized carbons (Fsp3) is 0.350. The number of piperidine rings is 1. The summed E-state index contributed by atoms with van der Waals surface area (Å²) in [4.78, 5) is 24.7. The molecule has 27 heavy (non-hydrogen) atoms. The SMILES string of the molecule is Cc1ccc(NC(=O)NCC2CCCN(c3ccc([N+](=O)[O-])cc3)C2)cc1. The standard InChI is InChI=1S/C20H24N4O3/c1-15-4-6-17(7-5-15)22-20(25)21-13-16-3-2-12-23(14-16)18-8-10-19(11-9-18)24(26)27/h4-11,16H,2-3,12-14H2,1H3,(H2,21,22,25). The summed E-state index contributed by atoms with van der Waals surface area (Å²) in [7, 11) is 0. The van der Waals surface area contributed by atoms with Gasteiger partial charge in [-0.25, -0.2) is 4.79 Å².